The molecule has 0 unspecified atom stereocenters. The molecule has 0 fully saturated rings. The first-order chi connectivity index (χ1) is 5.20. The van der Waals surface area contributed by atoms with E-state index in [1.165, 1.54) is 0 Å². The van der Waals surface area contributed by atoms with E-state index in [-0.39, 0.29) is 9.90 Å². The van der Waals surface area contributed by atoms with Crippen LogP contribution in [0.4, 0.5) is 12.3 Å². The van der Waals surface area contributed by atoms with Gasteiger partial charge < -0.3 is 14.4 Å². The fourth-order valence-corrected chi connectivity index (χ4v) is 0. The molecule has 0 aliphatic heterocycles. The van der Waals surface area contributed by atoms with Gasteiger partial charge in [0.2, 0.25) is 0 Å². The van der Waals surface area contributed by atoms with Gasteiger partial charge in [-0.05, 0) is 0 Å². The van der Waals surface area contributed by atoms with E-state index < -0.39 is 27.8 Å². The Morgan fingerprint density at radius 3 is 0.692 bits per heavy atom. The molecular formula is H3F3O6PSi3. The van der Waals surface area contributed by atoms with E-state index in [4.69, 9.17) is 27.8 Å². The van der Waals surface area contributed by atoms with E-state index >= 15 is 0 Å². The monoisotopic (exact) mass is 271 g/mol. The van der Waals surface area contributed by atoms with Crippen molar-refractivity contribution in [1.29, 1.82) is 0 Å². The van der Waals surface area contributed by atoms with Crippen LogP contribution in [0.15, 0.2) is 0 Å². The number of hydrogen-bond donors (Lipinski definition) is 3. The van der Waals surface area contributed by atoms with Gasteiger partial charge in [-0.25, -0.2) is 0 Å². The summed E-state index contributed by atoms with van der Waals surface area (Å²) in [6.45, 7) is 0. The first kappa shape index (κ1) is 23.0. The molecule has 13 heteroatoms. The minimum Gasteiger partial charge on any atom is -0.517 e. The minimum atomic E-state index is -3.63. The van der Waals surface area contributed by atoms with Crippen LogP contribution in [0.5, 0.6) is 0 Å². The van der Waals surface area contributed by atoms with Crippen LogP contribution >= 0.6 is 9.90 Å². The zero-order valence-corrected chi connectivity index (χ0v) is 9.54. The van der Waals surface area contributed by atoms with Gasteiger partial charge in [-0.2, -0.15) is 12.3 Å². The van der Waals surface area contributed by atoms with Crippen LogP contribution < -0.4 is 0 Å². The first-order valence-electron chi connectivity index (χ1n) is 1.85. The Labute approximate surface area is 78.5 Å². The van der Waals surface area contributed by atoms with Crippen molar-refractivity contribution in [2.75, 3.05) is 0 Å². The topological polar surface area (TPSA) is 112 Å². The van der Waals surface area contributed by atoms with Crippen molar-refractivity contribution in [3.05, 3.63) is 0 Å². The summed E-state index contributed by atoms with van der Waals surface area (Å²) >= 11 is 0. The van der Waals surface area contributed by atoms with Crippen LogP contribution in [-0.4, -0.2) is 42.2 Å². The van der Waals surface area contributed by atoms with Crippen molar-refractivity contribution in [3.63, 3.8) is 0 Å². The van der Waals surface area contributed by atoms with Crippen LogP contribution in [0, 0.1) is 0 Å². The molecule has 0 aliphatic carbocycles. The Morgan fingerprint density at radius 1 is 0.692 bits per heavy atom. The number of hydrogen-bond acceptors (Lipinski definition) is 3. The van der Waals surface area contributed by atoms with Gasteiger partial charge in [0.1, 0.15) is 0 Å². The summed E-state index contributed by atoms with van der Waals surface area (Å²) in [4.78, 5) is 20.8. The fraction of sp³-hybridized carbons (Fsp3) is 0. The highest BCUT2D eigenvalue weighted by molar-refractivity contribution is 6.92. The minimum absolute atomic E-state index is 0. The lowest BCUT2D eigenvalue weighted by molar-refractivity contribution is 0.388. The van der Waals surface area contributed by atoms with Crippen molar-refractivity contribution in [3.8, 4) is 0 Å². The molecule has 0 aromatic rings. The number of rotatable bonds is 0. The maximum Gasteiger partial charge on any atom is 0.734 e. The molecule has 3 radical (unpaired) electrons. The van der Waals surface area contributed by atoms with Gasteiger partial charge in [-0.15, -0.1) is 0 Å². The lowest BCUT2D eigenvalue weighted by Gasteiger charge is -1.49. The smallest absolute Gasteiger partial charge is 0.517 e. The lowest BCUT2D eigenvalue weighted by Crippen LogP contribution is -1.79. The molecule has 0 aromatic heterocycles. The summed E-state index contributed by atoms with van der Waals surface area (Å²) in [5.41, 5.74) is 0. The second-order valence-corrected chi connectivity index (χ2v) is 2.28. The molecule has 0 spiro atoms. The van der Waals surface area contributed by atoms with Gasteiger partial charge in [0.05, 0.1) is 0 Å². The van der Waals surface area contributed by atoms with Gasteiger partial charge in [0, 0.05) is 9.90 Å². The maximum absolute atomic E-state index is 10.1. The predicted molar refractivity (Wildman–Crippen MR) is 36.2 cm³/mol. The van der Waals surface area contributed by atoms with E-state index in [9.17, 15) is 12.3 Å². The Bertz CT molecular complexity index is 121. The van der Waals surface area contributed by atoms with E-state index in [0.29, 0.717) is 0 Å². The Kier molecular flexibility index (Phi) is 31.2. The Balaban J connectivity index is -0.0000000450. The lowest BCUT2D eigenvalue weighted by atomic mass is 15.9. The van der Waals surface area contributed by atoms with Crippen LogP contribution in [0.1, 0.15) is 0 Å². The van der Waals surface area contributed by atoms with Crippen LogP contribution in [-0.2, 0) is 13.4 Å². The zero-order valence-electron chi connectivity index (χ0n) is 5.65. The molecule has 0 bridgehead atoms. The highest BCUT2D eigenvalue weighted by Crippen LogP contribution is 1.47. The van der Waals surface area contributed by atoms with Crippen molar-refractivity contribution in [2.45, 2.75) is 0 Å². The molecule has 0 heterocycles. The molecule has 0 rings (SSSR count). The molecule has 6 nitrogen and oxygen atoms in total. The van der Waals surface area contributed by atoms with Gasteiger partial charge in [-0.3, -0.25) is 13.4 Å². The third kappa shape index (κ3) is 10100. The molecule has 0 saturated heterocycles. The maximum atomic E-state index is 10.1. The molecule has 0 amide bonds. The third-order valence-corrected chi connectivity index (χ3v) is 0. The Hall–Kier alpha value is -0.329. The molecule has 0 aliphatic rings. The fourth-order valence-electron chi connectivity index (χ4n) is 0. The first-order valence-corrected chi connectivity index (χ1v) is 5.55. The summed E-state index contributed by atoms with van der Waals surface area (Å²) in [6, 6.07) is 0. The molecule has 0 atom stereocenters. The predicted octanol–water partition coefficient (Wildman–Crippen LogP) is -1.05. The van der Waals surface area contributed by atoms with E-state index in [1.54, 1.807) is 0 Å². The molecule has 0 saturated carbocycles. The van der Waals surface area contributed by atoms with E-state index in [2.05, 4.69) is 0 Å². The van der Waals surface area contributed by atoms with Crippen LogP contribution in [0.3, 0.4) is 0 Å². The standard InChI is InChI=1S/3FHO2Si.P/c3*1-4(2)3;/h3*2H;. The highest BCUT2D eigenvalue weighted by Gasteiger charge is 1.88. The molecule has 3 N–H and O–H groups in total. The highest BCUT2D eigenvalue weighted by atomic mass is 31.0. The quantitative estimate of drug-likeness (QED) is 0.294. The van der Waals surface area contributed by atoms with Crippen molar-refractivity contribution in [2.24, 2.45) is 0 Å². The number of halogens is 3. The SMILES string of the molecule is O=[Si](O)F.O=[Si](O)F.O=[Si](O)F.[P]. The molecule has 0 aromatic carbocycles. The summed E-state index contributed by atoms with van der Waals surface area (Å²) < 4.78 is 55.9. The van der Waals surface area contributed by atoms with Crippen LogP contribution in [0.25, 0.3) is 0 Å². The van der Waals surface area contributed by atoms with E-state index in [1.807, 2.05) is 0 Å². The Morgan fingerprint density at radius 2 is 0.692 bits per heavy atom. The molecule has 13 heavy (non-hydrogen) atoms. The van der Waals surface area contributed by atoms with Gasteiger partial charge in [0.15, 0.2) is 0 Å². The second kappa shape index (κ2) is 17.7. The zero-order chi connectivity index (χ0) is 10.7. The average Bonchev–Trinajstić information content (AvgIpc) is 1.54. The summed E-state index contributed by atoms with van der Waals surface area (Å²) in [5.74, 6) is 0. The summed E-state index contributed by atoms with van der Waals surface area (Å²) in [7, 11) is -10.9. The van der Waals surface area contributed by atoms with Crippen LogP contribution in [0.2, 0.25) is 0 Å². The van der Waals surface area contributed by atoms with Crippen molar-refractivity contribution in [1.82, 2.24) is 0 Å². The molecular weight excluding hydrogens is 268 g/mol. The summed E-state index contributed by atoms with van der Waals surface area (Å²) in [6.07, 6.45) is 0. The normalized spacial score (nSPS) is 5.77. The molecule has 77 valence electrons. The van der Waals surface area contributed by atoms with E-state index in [0.717, 1.165) is 0 Å². The second-order valence-electron chi connectivity index (χ2n) is 0.759. The van der Waals surface area contributed by atoms with Gasteiger partial charge in [0.25, 0.3) is 0 Å². The van der Waals surface area contributed by atoms with Crippen molar-refractivity contribution < 1.29 is 40.1 Å². The third-order valence-electron chi connectivity index (χ3n) is 0. The largest absolute Gasteiger partial charge is 0.734 e. The van der Waals surface area contributed by atoms with Gasteiger partial charge in [-0.1, -0.05) is 0 Å². The van der Waals surface area contributed by atoms with Gasteiger partial charge >= 0.3 is 27.8 Å². The average molecular weight is 271 g/mol. The summed E-state index contributed by atoms with van der Waals surface area (Å²) in [5, 5.41) is 0. The van der Waals surface area contributed by atoms with Crippen molar-refractivity contribution >= 4 is 37.7 Å².